The van der Waals surface area contributed by atoms with Crippen molar-refractivity contribution < 1.29 is 9.53 Å². The maximum Gasteiger partial charge on any atom is 0.316 e. The first-order valence-electron chi connectivity index (χ1n) is 7.65. The zero-order chi connectivity index (χ0) is 15.7. The summed E-state index contributed by atoms with van der Waals surface area (Å²) in [5, 5.41) is 2.11. The smallest absolute Gasteiger partial charge is 0.316 e. The highest BCUT2D eigenvalue weighted by molar-refractivity contribution is 8.00. The lowest BCUT2D eigenvalue weighted by molar-refractivity contribution is -0.139. The van der Waals surface area contributed by atoms with Crippen LogP contribution in [0.3, 0.4) is 0 Å². The van der Waals surface area contributed by atoms with Crippen molar-refractivity contribution in [2.75, 3.05) is 12.4 Å². The molecule has 3 rings (SSSR count). The van der Waals surface area contributed by atoms with Gasteiger partial charge in [-0.25, -0.2) is 9.97 Å². The Labute approximate surface area is 138 Å². The normalized spacial score (nSPS) is 17.5. The highest BCUT2D eigenvalue weighted by atomic mass is 32.2. The van der Waals surface area contributed by atoms with E-state index in [4.69, 9.17) is 4.74 Å². The molecule has 2 aromatic heterocycles. The fraction of sp³-hybridized carbons (Fsp3) is 0.562. The van der Waals surface area contributed by atoms with Gasteiger partial charge in [-0.1, -0.05) is 18.7 Å². The molecule has 0 N–H and O–H groups in total. The van der Waals surface area contributed by atoms with E-state index in [1.807, 2.05) is 13.8 Å². The molecule has 0 radical (unpaired) electrons. The first kappa shape index (κ1) is 15.7. The second-order valence-electron chi connectivity index (χ2n) is 5.70. The second-order valence-corrected chi connectivity index (χ2v) is 7.75. The summed E-state index contributed by atoms with van der Waals surface area (Å²) in [7, 11) is 0. The van der Waals surface area contributed by atoms with E-state index in [2.05, 4.69) is 16.9 Å². The molecule has 0 amide bonds. The third-order valence-electron chi connectivity index (χ3n) is 3.87. The van der Waals surface area contributed by atoms with E-state index in [0.29, 0.717) is 12.4 Å². The second kappa shape index (κ2) is 6.54. The molecule has 118 valence electrons. The van der Waals surface area contributed by atoms with Crippen LogP contribution >= 0.6 is 23.1 Å². The van der Waals surface area contributed by atoms with Crippen LogP contribution in [0.5, 0.6) is 0 Å². The van der Waals surface area contributed by atoms with Crippen LogP contribution in [0, 0.1) is 12.8 Å². The van der Waals surface area contributed by atoms with Crippen LogP contribution in [0.15, 0.2) is 5.03 Å². The van der Waals surface area contributed by atoms with E-state index < -0.39 is 0 Å². The summed E-state index contributed by atoms with van der Waals surface area (Å²) >= 11 is 3.27. The molecule has 0 fully saturated rings. The first-order chi connectivity index (χ1) is 10.6. The van der Waals surface area contributed by atoms with Gasteiger partial charge in [0, 0.05) is 10.3 Å². The number of thioether (sulfide) groups is 1. The molecular weight excluding hydrogens is 316 g/mol. The van der Waals surface area contributed by atoms with Crippen LogP contribution in [-0.4, -0.2) is 28.3 Å². The van der Waals surface area contributed by atoms with Crippen LogP contribution in [0.2, 0.25) is 0 Å². The van der Waals surface area contributed by atoms with Crippen molar-refractivity contribution >= 4 is 39.3 Å². The van der Waals surface area contributed by atoms with Crippen molar-refractivity contribution in [3.05, 3.63) is 16.3 Å². The van der Waals surface area contributed by atoms with Gasteiger partial charge in [-0.15, -0.1) is 11.3 Å². The Bertz CT molecular complexity index is 712. The average Bonchev–Trinajstić information content (AvgIpc) is 2.81. The fourth-order valence-electron chi connectivity index (χ4n) is 2.84. The van der Waals surface area contributed by atoms with Gasteiger partial charge in [0.15, 0.2) is 0 Å². The lowest BCUT2D eigenvalue weighted by Gasteiger charge is -2.18. The molecule has 0 saturated carbocycles. The number of hydrogen-bond donors (Lipinski definition) is 0. The Morgan fingerprint density at radius 1 is 1.45 bits per heavy atom. The SMILES string of the molecule is CCOC(=O)CSc1nc(C)nc2sc3c(c12)CCC(C)C3. The summed E-state index contributed by atoms with van der Waals surface area (Å²) in [4.78, 5) is 23.3. The maximum absolute atomic E-state index is 11.6. The number of aromatic nitrogens is 2. The molecular formula is C16H20N2O2S2. The number of nitrogens with zero attached hydrogens (tertiary/aromatic N) is 2. The van der Waals surface area contributed by atoms with Gasteiger partial charge in [0.2, 0.25) is 0 Å². The van der Waals surface area contributed by atoms with Crippen LogP contribution in [-0.2, 0) is 22.4 Å². The highest BCUT2D eigenvalue weighted by Crippen LogP contribution is 2.40. The minimum atomic E-state index is -0.186. The molecule has 0 spiro atoms. The molecule has 4 nitrogen and oxygen atoms in total. The summed E-state index contributed by atoms with van der Waals surface area (Å²) in [6.07, 6.45) is 3.45. The lowest BCUT2D eigenvalue weighted by Crippen LogP contribution is -2.09. The Morgan fingerprint density at radius 3 is 3.05 bits per heavy atom. The molecule has 2 heterocycles. The minimum Gasteiger partial charge on any atom is -0.465 e. The number of rotatable bonds is 4. The lowest BCUT2D eigenvalue weighted by atomic mass is 9.89. The monoisotopic (exact) mass is 336 g/mol. The number of aryl methyl sites for hydroxylation is 2. The van der Waals surface area contributed by atoms with Gasteiger partial charge in [-0.2, -0.15) is 0 Å². The van der Waals surface area contributed by atoms with Crippen LogP contribution in [0.1, 0.15) is 36.5 Å². The zero-order valence-corrected chi connectivity index (χ0v) is 14.8. The van der Waals surface area contributed by atoms with E-state index >= 15 is 0 Å². The van der Waals surface area contributed by atoms with Crippen LogP contribution in [0.25, 0.3) is 10.2 Å². The Morgan fingerprint density at radius 2 is 2.27 bits per heavy atom. The van der Waals surface area contributed by atoms with E-state index in [9.17, 15) is 4.79 Å². The molecule has 1 unspecified atom stereocenters. The molecule has 0 bridgehead atoms. The number of ether oxygens (including phenoxy) is 1. The van der Waals surface area contributed by atoms with E-state index in [1.165, 1.54) is 34.0 Å². The molecule has 1 aliphatic rings. The summed E-state index contributed by atoms with van der Waals surface area (Å²) in [5.74, 6) is 1.63. The number of hydrogen-bond acceptors (Lipinski definition) is 6. The predicted octanol–water partition coefficient (Wildman–Crippen LogP) is 3.78. The molecule has 1 atom stereocenters. The van der Waals surface area contributed by atoms with Crippen LogP contribution in [0.4, 0.5) is 0 Å². The van der Waals surface area contributed by atoms with Gasteiger partial charge in [0.25, 0.3) is 0 Å². The molecule has 2 aromatic rings. The van der Waals surface area contributed by atoms with E-state index in [-0.39, 0.29) is 5.97 Å². The maximum atomic E-state index is 11.6. The van der Waals surface area contributed by atoms with Crippen molar-refractivity contribution in [3.63, 3.8) is 0 Å². The zero-order valence-electron chi connectivity index (χ0n) is 13.1. The molecule has 6 heteroatoms. The summed E-state index contributed by atoms with van der Waals surface area (Å²) in [6, 6.07) is 0. The molecule has 0 aliphatic heterocycles. The molecule has 0 saturated heterocycles. The number of thiophene rings is 1. The first-order valence-corrected chi connectivity index (χ1v) is 9.46. The van der Waals surface area contributed by atoms with Crippen molar-refractivity contribution in [1.82, 2.24) is 9.97 Å². The largest absolute Gasteiger partial charge is 0.465 e. The quantitative estimate of drug-likeness (QED) is 0.483. The Kier molecular flexibility index (Phi) is 4.68. The Hall–Kier alpha value is -1.14. The minimum absolute atomic E-state index is 0.186. The van der Waals surface area contributed by atoms with Crippen molar-refractivity contribution in [3.8, 4) is 0 Å². The summed E-state index contributed by atoms with van der Waals surface area (Å²) < 4.78 is 5.01. The van der Waals surface area contributed by atoms with Crippen LogP contribution < -0.4 is 0 Å². The van der Waals surface area contributed by atoms with Crippen molar-refractivity contribution in [2.45, 2.75) is 45.1 Å². The van der Waals surface area contributed by atoms with Gasteiger partial charge < -0.3 is 4.74 Å². The van der Waals surface area contributed by atoms with Gasteiger partial charge in [-0.05, 0) is 44.6 Å². The van der Waals surface area contributed by atoms with Crippen molar-refractivity contribution in [2.24, 2.45) is 5.92 Å². The number of esters is 1. The number of carbonyl (C=O) groups excluding carboxylic acids is 1. The molecule has 1 aliphatic carbocycles. The highest BCUT2D eigenvalue weighted by Gasteiger charge is 2.24. The third-order valence-corrected chi connectivity index (χ3v) is 5.96. The summed E-state index contributed by atoms with van der Waals surface area (Å²) in [5.41, 5.74) is 1.41. The van der Waals surface area contributed by atoms with E-state index in [1.54, 1.807) is 11.3 Å². The number of fused-ring (bicyclic) bond motifs is 3. The van der Waals surface area contributed by atoms with Gasteiger partial charge in [-0.3, -0.25) is 4.79 Å². The number of carbonyl (C=O) groups is 1. The third kappa shape index (κ3) is 3.13. The van der Waals surface area contributed by atoms with E-state index in [0.717, 1.165) is 34.4 Å². The standard InChI is InChI=1S/C16H20N2O2S2/c1-4-20-13(19)8-21-15-14-11-6-5-9(2)7-12(11)22-16(14)18-10(3)17-15/h9H,4-8H2,1-3H3. The van der Waals surface area contributed by atoms with Gasteiger partial charge >= 0.3 is 5.97 Å². The predicted molar refractivity (Wildman–Crippen MR) is 90.7 cm³/mol. The van der Waals surface area contributed by atoms with Gasteiger partial charge in [0.1, 0.15) is 15.7 Å². The average molecular weight is 336 g/mol. The molecule has 0 aromatic carbocycles. The Balaban J connectivity index is 1.96. The van der Waals surface area contributed by atoms with Crippen molar-refractivity contribution in [1.29, 1.82) is 0 Å². The summed E-state index contributed by atoms with van der Waals surface area (Å²) in [6.45, 7) is 6.46. The molecule has 22 heavy (non-hydrogen) atoms. The topological polar surface area (TPSA) is 52.1 Å². The van der Waals surface area contributed by atoms with Gasteiger partial charge in [0.05, 0.1) is 12.4 Å². The fourth-order valence-corrected chi connectivity index (χ4v) is 5.24.